The number of rotatable bonds is 4. The molecule has 2 saturated heterocycles. The second kappa shape index (κ2) is 9.06. The topological polar surface area (TPSA) is 55.9 Å². The van der Waals surface area contributed by atoms with Gasteiger partial charge in [-0.3, -0.25) is 9.69 Å². The summed E-state index contributed by atoms with van der Waals surface area (Å²) >= 11 is 0. The van der Waals surface area contributed by atoms with Crippen LogP contribution in [0.2, 0.25) is 0 Å². The summed E-state index contributed by atoms with van der Waals surface area (Å²) in [6.07, 6.45) is 0.440. The summed E-state index contributed by atoms with van der Waals surface area (Å²) in [7, 11) is 0. The number of halogens is 1. The number of anilines is 1. The lowest BCUT2D eigenvalue weighted by atomic mass is 9.86. The van der Waals surface area contributed by atoms with Gasteiger partial charge in [-0.1, -0.05) is 30.3 Å². The molecule has 0 radical (unpaired) electrons. The Balaban J connectivity index is 1.53. The number of nitrogens with zero attached hydrogens (tertiary/aromatic N) is 3. The predicted octanol–water partition coefficient (Wildman–Crippen LogP) is 3.41. The molecule has 1 N–H and O–H groups in total. The zero-order valence-electron chi connectivity index (χ0n) is 17.9. The Kier molecular flexibility index (Phi) is 6.23. The van der Waals surface area contributed by atoms with E-state index in [0.29, 0.717) is 45.7 Å². The van der Waals surface area contributed by atoms with Crippen LogP contribution < -0.4 is 5.32 Å². The molecule has 2 fully saturated rings. The van der Waals surface area contributed by atoms with Crippen LogP contribution in [0.25, 0.3) is 0 Å². The van der Waals surface area contributed by atoms with Gasteiger partial charge in [-0.15, -0.1) is 0 Å². The number of hydrogen-bond acceptors (Lipinski definition) is 3. The van der Waals surface area contributed by atoms with Crippen LogP contribution in [0, 0.1) is 11.2 Å². The number of para-hydroxylation sites is 1. The van der Waals surface area contributed by atoms with Gasteiger partial charge in [0.2, 0.25) is 5.91 Å². The second-order valence-electron chi connectivity index (χ2n) is 8.64. The summed E-state index contributed by atoms with van der Waals surface area (Å²) in [5, 5.41) is 2.98. The summed E-state index contributed by atoms with van der Waals surface area (Å²) in [5.74, 6) is -0.102. The highest BCUT2D eigenvalue weighted by Gasteiger charge is 2.46. The monoisotopic (exact) mass is 424 g/mol. The standard InChI is InChI=1S/C24H29FN4O2/c1-2-28-17-24(14-22(28)30)16-27(15-19-8-10-20(25)11-9-19)12-13-29(18-24)23(31)26-21-6-4-3-5-7-21/h3-11H,2,12-18H2,1H3,(H,26,31)/t24-/m0/s1. The summed E-state index contributed by atoms with van der Waals surface area (Å²) in [4.78, 5) is 31.7. The number of benzene rings is 2. The van der Waals surface area contributed by atoms with E-state index in [4.69, 9.17) is 0 Å². The van der Waals surface area contributed by atoms with Crippen molar-refractivity contribution < 1.29 is 14.0 Å². The van der Waals surface area contributed by atoms with Crippen LogP contribution in [0.5, 0.6) is 0 Å². The first-order valence-corrected chi connectivity index (χ1v) is 10.8. The van der Waals surface area contributed by atoms with Gasteiger partial charge in [0.05, 0.1) is 0 Å². The molecule has 7 heteroatoms. The fraction of sp³-hybridized carbons (Fsp3) is 0.417. The average molecular weight is 425 g/mol. The molecule has 2 heterocycles. The van der Waals surface area contributed by atoms with Gasteiger partial charge in [-0.05, 0) is 36.8 Å². The van der Waals surface area contributed by atoms with Crippen molar-refractivity contribution in [3.63, 3.8) is 0 Å². The van der Waals surface area contributed by atoms with Gasteiger partial charge in [0, 0.05) is 63.3 Å². The number of likely N-dealkylation sites (tertiary alicyclic amines) is 1. The van der Waals surface area contributed by atoms with Crippen LogP contribution in [-0.2, 0) is 11.3 Å². The van der Waals surface area contributed by atoms with Crippen molar-refractivity contribution in [2.45, 2.75) is 19.9 Å². The molecule has 2 aromatic rings. The Labute approximate surface area is 182 Å². The van der Waals surface area contributed by atoms with Crippen molar-refractivity contribution in [2.75, 3.05) is 44.6 Å². The molecule has 1 atom stereocenters. The Bertz CT molecular complexity index is 921. The van der Waals surface area contributed by atoms with E-state index in [1.165, 1.54) is 12.1 Å². The van der Waals surface area contributed by atoms with Crippen LogP contribution >= 0.6 is 0 Å². The van der Waals surface area contributed by atoms with Crippen molar-refractivity contribution in [3.8, 4) is 0 Å². The van der Waals surface area contributed by atoms with Crippen LogP contribution in [0.3, 0.4) is 0 Å². The van der Waals surface area contributed by atoms with Crippen molar-refractivity contribution >= 4 is 17.6 Å². The molecule has 0 aromatic heterocycles. The summed E-state index contributed by atoms with van der Waals surface area (Å²) in [6, 6.07) is 15.8. The highest BCUT2D eigenvalue weighted by atomic mass is 19.1. The maximum absolute atomic E-state index is 13.3. The largest absolute Gasteiger partial charge is 0.342 e. The third-order valence-electron chi connectivity index (χ3n) is 6.19. The fourth-order valence-corrected chi connectivity index (χ4v) is 4.71. The number of carbonyl (C=O) groups excluding carboxylic acids is 2. The Morgan fingerprint density at radius 2 is 1.77 bits per heavy atom. The molecule has 2 aliphatic heterocycles. The summed E-state index contributed by atoms with van der Waals surface area (Å²) in [5.41, 5.74) is 1.47. The Hall–Kier alpha value is -2.93. The van der Waals surface area contributed by atoms with Crippen molar-refractivity contribution in [1.82, 2.24) is 14.7 Å². The summed E-state index contributed by atoms with van der Waals surface area (Å²) < 4.78 is 13.3. The number of urea groups is 1. The molecule has 31 heavy (non-hydrogen) atoms. The number of carbonyl (C=O) groups is 2. The van der Waals surface area contributed by atoms with E-state index in [9.17, 15) is 14.0 Å². The minimum absolute atomic E-state index is 0.142. The van der Waals surface area contributed by atoms with E-state index >= 15 is 0 Å². The molecule has 4 rings (SSSR count). The highest BCUT2D eigenvalue weighted by Crippen LogP contribution is 2.35. The predicted molar refractivity (Wildman–Crippen MR) is 118 cm³/mol. The number of hydrogen-bond donors (Lipinski definition) is 1. The molecule has 164 valence electrons. The molecule has 6 nitrogen and oxygen atoms in total. The van der Waals surface area contributed by atoms with Gasteiger partial charge >= 0.3 is 6.03 Å². The van der Waals surface area contributed by atoms with E-state index in [2.05, 4.69) is 10.2 Å². The fourth-order valence-electron chi connectivity index (χ4n) is 4.71. The molecule has 2 aromatic carbocycles. The molecule has 2 aliphatic rings. The van der Waals surface area contributed by atoms with Crippen LogP contribution in [0.15, 0.2) is 54.6 Å². The normalized spacial score (nSPS) is 22.1. The lowest BCUT2D eigenvalue weighted by Gasteiger charge is -2.33. The number of amides is 3. The second-order valence-corrected chi connectivity index (χ2v) is 8.64. The van der Waals surface area contributed by atoms with Crippen LogP contribution in [0.4, 0.5) is 14.9 Å². The van der Waals surface area contributed by atoms with Gasteiger partial charge < -0.3 is 15.1 Å². The van der Waals surface area contributed by atoms with E-state index in [0.717, 1.165) is 17.8 Å². The van der Waals surface area contributed by atoms with Crippen LogP contribution in [0.1, 0.15) is 18.9 Å². The van der Waals surface area contributed by atoms with E-state index in [1.54, 1.807) is 12.1 Å². The molecule has 0 aliphatic carbocycles. The van der Waals surface area contributed by atoms with Gasteiger partial charge in [0.15, 0.2) is 0 Å². The third-order valence-corrected chi connectivity index (χ3v) is 6.19. The zero-order valence-corrected chi connectivity index (χ0v) is 17.9. The molecular formula is C24H29FN4O2. The van der Waals surface area contributed by atoms with E-state index < -0.39 is 0 Å². The molecule has 0 unspecified atom stereocenters. The van der Waals surface area contributed by atoms with E-state index in [1.807, 2.05) is 47.1 Å². The third kappa shape index (κ3) is 5.05. The lowest BCUT2D eigenvalue weighted by Crippen LogP contribution is -2.45. The minimum atomic E-state index is -0.308. The first kappa shape index (κ1) is 21.3. The van der Waals surface area contributed by atoms with Crippen molar-refractivity contribution in [1.29, 1.82) is 0 Å². The maximum atomic E-state index is 13.3. The summed E-state index contributed by atoms with van der Waals surface area (Å²) in [6.45, 7) is 6.51. The molecule has 0 bridgehead atoms. The van der Waals surface area contributed by atoms with Crippen molar-refractivity contribution in [2.24, 2.45) is 5.41 Å². The van der Waals surface area contributed by atoms with E-state index in [-0.39, 0.29) is 23.2 Å². The van der Waals surface area contributed by atoms with Gasteiger partial charge in [0.1, 0.15) is 5.82 Å². The van der Waals surface area contributed by atoms with Gasteiger partial charge in [0.25, 0.3) is 0 Å². The molecular weight excluding hydrogens is 395 g/mol. The first-order chi connectivity index (χ1) is 15.0. The molecule has 1 spiro atoms. The average Bonchev–Trinajstić information content (AvgIpc) is 2.96. The van der Waals surface area contributed by atoms with Crippen LogP contribution in [-0.4, -0.2) is 65.9 Å². The van der Waals surface area contributed by atoms with Gasteiger partial charge in [-0.2, -0.15) is 0 Å². The smallest absolute Gasteiger partial charge is 0.321 e. The highest BCUT2D eigenvalue weighted by molar-refractivity contribution is 5.89. The van der Waals surface area contributed by atoms with Gasteiger partial charge in [-0.25, -0.2) is 9.18 Å². The zero-order chi connectivity index (χ0) is 21.8. The molecule has 3 amide bonds. The Morgan fingerprint density at radius 3 is 2.45 bits per heavy atom. The lowest BCUT2D eigenvalue weighted by molar-refractivity contribution is -0.127. The molecule has 0 saturated carbocycles. The first-order valence-electron chi connectivity index (χ1n) is 10.8. The number of nitrogens with one attached hydrogen (secondary N) is 1. The quantitative estimate of drug-likeness (QED) is 0.818. The Morgan fingerprint density at radius 1 is 1.03 bits per heavy atom. The van der Waals surface area contributed by atoms with Crippen molar-refractivity contribution in [3.05, 3.63) is 66.0 Å². The maximum Gasteiger partial charge on any atom is 0.321 e. The SMILES string of the molecule is CCN1C[C@]2(CC1=O)CN(Cc1ccc(F)cc1)CCN(C(=O)Nc1ccccc1)C2. The minimum Gasteiger partial charge on any atom is -0.342 e.